The lowest BCUT2D eigenvalue weighted by atomic mass is 9.94. The third-order valence-electron chi connectivity index (χ3n) is 4.25. The zero-order valence-corrected chi connectivity index (χ0v) is 11.7. The third kappa shape index (κ3) is 1.51. The van der Waals surface area contributed by atoms with E-state index < -0.39 is 5.72 Å². The highest BCUT2D eigenvalue weighted by atomic mass is 16.5. The molecule has 0 N–H and O–H groups in total. The third-order valence-corrected chi connectivity index (χ3v) is 4.25. The fourth-order valence-electron chi connectivity index (χ4n) is 3.31. The van der Waals surface area contributed by atoms with Crippen molar-refractivity contribution >= 4 is 5.91 Å². The number of ether oxygens (including phenoxy) is 2. The molecule has 4 rings (SSSR count). The lowest BCUT2D eigenvalue weighted by molar-refractivity contribution is -0.0304. The van der Waals surface area contributed by atoms with Gasteiger partial charge in [-0.15, -0.1) is 0 Å². The van der Waals surface area contributed by atoms with Crippen molar-refractivity contribution in [2.45, 2.75) is 5.72 Å². The van der Waals surface area contributed by atoms with E-state index in [1.165, 1.54) is 0 Å². The molecule has 0 saturated carbocycles. The second kappa shape index (κ2) is 4.33. The first-order valence-electron chi connectivity index (χ1n) is 6.97. The van der Waals surface area contributed by atoms with E-state index in [-0.39, 0.29) is 5.91 Å². The zero-order chi connectivity index (χ0) is 14.4. The second-order valence-corrected chi connectivity index (χ2v) is 5.22. The second-order valence-electron chi connectivity index (χ2n) is 5.22. The van der Waals surface area contributed by atoms with Gasteiger partial charge in [-0.3, -0.25) is 9.69 Å². The van der Waals surface area contributed by atoms with Crippen LogP contribution in [0.3, 0.4) is 0 Å². The number of nitrogens with zero attached hydrogens (tertiary/aromatic N) is 1. The minimum atomic E-state index is -0.778. The van der Waals surface area contributed by atoms with Gasteiger partial charge in [-0.1, -0.05) is 30.3 Å². The normalized spacial score (nSPS) is 23.1. The Kier molecular flexibility index (Phi) is 2.56. The number of amides is 1. The predicted octanol–water partition coefficient (Wildman–Crippen LogP) is 2.38. The van der Waals surface area contributed by atoms with E-state index in [1.807, 2.05) is 53.4 Å². The van der Waals surface area contributed by atoms with Gasteiger partial charge in [0.2, 0.25) is 0 Å². The van der Waals surface area contributed by atoms with Gasteiger partial charge in [0, 0.05) is 23.2 Å². The molecule has 106 valence electrons. The Morgan fingerprint density at radius 3 is 2.67 bits per heavy atom. The molecule has 4 heteroatoms. The maximum Gasteiger partial charge on any atom is 0.257 e. The van der Waals surface area contributed by atoms with Gasteiger partial charge in [-0.25, -0.2) is 0 Å². The summed E-state index contributed by atoms with van der Waals surface area (Å²) in [5.41, 5.74) is 1.84. The molecule has 2 heterocycles. The van der Waals surface area contributed by atoms with Gasteiger partial charge >= 0.3 is 0 Å². The summed E-state index contributed by atoms with van der Waals surface area (Å²) in [4.78, 5) is 14.4. The molecular weight excluding hydrogens is 266 g/mol. The van der Waals surface area contributed by atoms with Crippen molar-refractivity contribution in [3.8, 4) is 5.75 Å². The summed E-state index contributed by atoms with van der Waals surface area (Å²) >= 11 is 0. The zero-order valence-electron chi connectivity index (χ0n) is 11.7. The molecule has 0 spiro atoms. The summed E-state index contributed by atoms with van der Waals surface area (Å²) in [6.45, 7) is 1.16. The van der Waals surface area contributed by atoms with Crippen LogP contribution < -0.4 is 4.74 Å². The highest BCUT2D eigenvalue weighted by Crippen LogP contribution is 2.47. The lowest BCUT2D eigenvalue weighted by Gasteiger charge is -2.32. The molecule has 4 nitrogen and oxygen atoms in total. The minimum Gasteiger partial charge on any atom is -0.497 e. The Hall–Kier alpha value is -2.33. The van der Waals surface area contributed by atoms with E-state index in [0.717, 1.165) is 22.4 Å². The molecular formula is C17H15NO3. The molecule has 21 heavy (non-hydrogen) atoms. The Bertz CT molecular complexity index is 710. The highest BCUT2D eigenvalue weighted by molar-refractivity contribution is 6.00. The number of benzene rings is 2. The summed E-state index contributed by atoms with van der Waals surface area (Å²) in [6.07, 6.45) is 0. The number of carbonyl (C=O) groups excluding carboxylic acids is 1. The van der Waals surface area contributed by atoms with Crippen molar-refractivity contribution in [2.24, 2.45) is 0 Å². The summed E-state index contributed by atoms with van der Waals surface area (Å²) in [5.74, 6) is 0.830. The molecule has 0 radical (unpaired) electrons. The van der Waals surface area contributed by atoms with Crippen molar-refractivity contribution in [2.75, 3.05) is 20.3 Å². The fraction of sp³-hybridized carbons (Fsp3) is 0.235. The van der Waals surface area contributed by atoms with Crippen LogP contribution in [0.2, 0.25) is 0 Å². The van der Waals surface area contributed by atoms with E-state index >= 15 is 0 Å². The maximum absolute atomic E-state index is 12.6. The average molecular weight is 281 g/mol. The van der Waals surface area contributed by atoms with E-state index in [4.69, 9.17) is 9.47 Å². The van der Waals surface area contributed by atoms with Crippen LogP contribution in [0, 0.1) is 0 Å². The quantitative estimate of drug-likeness (QED) is 0.848. The summed E-state index contributed by atoms with van der Waals surface area (Å²) < 4.78 is 11.3. The highest BCUT2D eigenvalue weighted by Gasteiger charge is 2.54. The molecule has 0 aliphatic carbocycles. The molecule has 2 aromatic carbocycles. The van der Waals surface area contributed by atoms with Crippen molar-refractivity contribution < 1.29 is 14.3 Å². The molecule has 1 fully saturated rings. The van der Waals surface area contributed by atoms with E-state index in [1.54, 1.807) is 7.11 Å². The molecule has 1 amide bonds. The SMILES string of the molecule is COc1ccc(C23OCCN2C(=O)c2ccccc23)cc1. The predicted molar refractivity (Wildman–Crippen MR) is 77.2 cm³/mol. The van der Waals surface area contributed by atoms with Crippen LogP contribution >= 0.6 is 0 Å². The molecule has 2 aliphatic heterocycles. The van der Waals surface area contributed by atoms with Gasteiger partial charge in [-0.05, 0) is 18.2 Å². The van der Waals surface area contributed by atoms with E-state index in [0.29, 0.717) is 13.2 Å². The van der Waals surface area contributed by atoms with Gasteiger partial charge in [0.15, 0.2) is 5.72 Å². The van der Waals surface area contributed by atoms with Crippen LogP contribution in [0.4, 0.5) is 0 Å². The Morgan fingerprint density at radius 1 is 1.14 bits per heavy atom. The number of fused-ring (bicyclic) bond motifs is 3. The molecule has 1 unspecified atom stereocenters. The van der Waals surface area contributed by atoms with Gasteiger partial charge in [-0.2, -0.15) is 0 Å². The van der Waals surface area contributed by atoms with Crippen molar-refractivity contribution in [1.82, 2.24) is 4.90 Å². The van der Waals surface area contributed by atoms with Crippen molar-refractivity contribution in [3.05, 3.63) is 65.2 Å². The monoisotopic (exact) mass is 281 g/mol. The van der Waals surface area contributed by atoms with Crippen molar-refractivity contribution in [3.63, 3.8) is 0 Å². The molecule has 1 saturated heterocycles. The number of hydrogen-bond donors (Lipinski definition) is 0. The molecule has 1 atom stereocenters. The minimum absolute atomic E-state index is 0.0407. The van der Waals surface area contributed by atoms with Gasteiger partial charge in [0.1, 0.15) is 5.75 Å². The number of carbonyl (C=O) groups is 1. The van der Waals surface area contributed by atoms with E-state index in [2.05, 4.69) is 0 Å². The van der Waals surface area contributed by atoms with Crippen LogP contribution in [0.5, 0.6) is 5.75 Å². The number of methoxy groups -OCH3 is 1. The largest absolute Gasteiger partial charge is 0.497 e. The summed E-state index contributed by atoms with van der Waals surface area (Å²) in [5, 5.41) is 0. The first-order chi connectivity index (χ1) is 10.3. The molecule has 0 bridgehead atoms. The summed E-state index contributed by atoms with van der Waals surface area (Å²) in [7, 11) is 1.64. The van der Waals surface area contributed by atoms with Gasteiger partial charge < -0.3 is 9.47 Å². The molecule has 2 aromatic rings. The number of hydrogen-bond acceptors (Lipinski definition) is 3. The average Bonchev–Trinajstić information content (AvgIpc) is 3.08. The van der Waals surface area contributed by atoms with Gasteiger partial charge in [0.05, 0.1) is 13.7 Å². The molecule has 2 aliphatic rings. The van der Waals surface area contributed by atoms with Crippen LogP contribution in [0.1, 0.15) is 21.5 Å². The fourth-order valence-corrected chi connectivity index (χ4v) is 3.31. The smallest absolute Gasteiger partial charge is 0.257 e. The van der Waals surface area contributed by atoms with Gasteiger partial charge in [0.25, 0.3) is 5.91 Å². The Labute approximate surface area is 122 Å². The van der Waals surface area contributed by atoms with E-state index in [9.17, 15) is 4.79 Å². The standard InChI is InChI=1S/C17H15NO3/c1-20-13-8-6-12(7-9-13)17-15-5-3-2-4-14(15)16(19)18(17)10-11-21-17/h2-9H,10-11H2,1H3. The van der Waals surface area contributed by atoms with Crippen LogP contribution in [-0.4, -0.2) is 31.1 Å². The summed E-state index contributed by atoms with van der Waals surface area (Å²) in [6, 6.07) is 15.4. The van der Waals surface area contributed by atoms with Crippen LogP contribution in [0.15, 0.2) is 48.5 Å². The van der Waals surface area contributed by atoms with Crippen molar-refractivity contribution in [1.29, 1.82) is 0 Å². The van der Waals surface area contributed by atoms with Crippen LogP contribution in [-0.2, 0) is 10.5 Å². The Morgan fingerprint density at radius 2 is 1.90 bits per heavy atom. The number of rotatable bonds is 2. The van der Waals surface area contributed by atoms with Crippen LogP contribution in [0.25, 0.3) is 0 Å². The Balaban J connectivity index is 1.93. The maximum atomic E-state index is 12.6. The lowest BCUT2D eigenvalue weighted by Crippen LogP contribution is -2.40. The topological polar surface area (TPSA) is 38.8 Å². The first-order valence-corrected chi connectivity index (χ1v) is 6.97. The molecule has 0 aromatic heterocycles. The first kappa shape index (κ1) is 12.4.